The highest BCUT2D eigenvalue weighted by molar-refractivity contribution is 7.19. The molecule has 4 nitrogen and oxygen atoms in total. The Balaban J connectivity index is 2.03. The van der Waals surface area contributed by atoms with Crippen LogP contribution in [0.25, 0.3) is 16.3 Å². The summed E-state index contributed by atoms with van der Waals surface area (Å²) in [4.78, 5) is 16.0. The number of carbonyl (C=O) groups is 1. The molecule has 2 aromatic rings. The molecule has 1 unspecified atom stereocenters. The summed E-state index contributed by atoms with van der Waals surface area (Å²) >= 11 is 1.54. The van der Waals surface area contributed by atoms with E-state index in [-0.39, 0.29) is 18.6 Å². The molecule has 19 heavy (non-hydrogen) atoms. The van der Waals surface area contributed by atoms with Crippen LogP contribution in [-0.2, 0) is 4.79 Å². The quantitative estimate of drug-likeness (QED) is 0.823. The number of hydrogen-bond donors (Lipinski definition) is 2. The number of aliphatic hydroxyl groups excluding tert-OH is 1. The first-order valence-corrected chi connectivity index (χ1v) is 6.99. The maximum absolute atomic E-state index is 11.6. The number of aliphatic hydroxyl groups is 1. The Hall–Kier alpha value is -1.72. The fourth-order valence-corrected chi connectivity index (χ4v) is 2.50. The monoisotopic (exact) mass is 276 g/mol. The zero-order chi connectivity index (χ0) is 13.7. The molecule has 0 radical (unpaired) electrons. The SMILES string of the molecule is CCC(CO)NC(=O)/C=C/c1nc2ccccc2s1. The number of para-hydroxylation sites is 1. The van der Waals surface area contributed by atoms with Gasteiger partial charge in [0.15, 0.2) is 0 Å². The fourth-order valence-electron chi connectivity index (χ4n) is 1.63. The van der Waals surface area contributed by atoms with Crippen LogP contribution in [0.15, 0.2) is 30.3 Å². The molecular formula is C14H16N2O2S. The second-order valence-electron chi connectivity index (χ2n) is 4.15. The molecule has 0 aliphatic heterocycles. The maximum atomic E-state index is 11.6. The van der Waals surface area contributed by atoms with E-state index >= 15 is 0 Å². The highest BCUT2D eigenvalue weighted by atomic mass is 32.1. The van der Waals surface area contributed by atoms with Crippen molar-refractivity contribution in [1.82, 2.24) is 10.3 Å². The van der Waals surface area contributed by atoms with Gasteiger partial charge in [0.05, 0.1) is 22.9 Å². The lowest BCUT2D eigenvalue weighted by Gasteiger charge is -2.11. The largest absolute Gasteiger partial charge is 0.394 e. The van der Waals surface area contributed by atoms with Crippen molar-refractivity contribution in [3.63, 3.8) is 0 Å². The summed E-state index contributed by atoms with van der Waals surface area (Å²) in [7, 11) is 0. The minimum atomic E-state index is -0.208. The topological polar surface area (TPSA) is 62.2 Å². The van der Waals surface area contributed by atoms with Gasteiger partial charge in [0.1, 0.15) is 5.01 Å². The standard InChI is InChI=1S/C14H16N2O2S/c1-2-10(9-17)15-13(18)7-8-14-16-11-5-3-4-6-12(11)19-14/h3-8,10,17H,2,9H2,1H3,(H,15,18)/b8-7+. The molecule has 2 rings (SSSR count). The zero-order valence-electron chi connectivity index (χ0n) is 10.7. The molecule has 0 aliphatic carbocycles. The van der Waals surface area contributed by atoms with E-state index in [4.69, 9.17) is 5.11 Å². The van der Waals surface area contributed by atoms with E-state index in [1.165, 1.54) is 6.08 Å². The van der Waals surface area contributed by atoms with Crippen molar-refractivity contribution < 1.29 is 9.90 Å². The number of carbonyl (C=O) groups excluding carboxylic acids is 1. The summed E-state index contributed by atoms with van der Waals surface area (Å²) in [5.74, 6) is -0.208. The molecule has 1 aromatic heterocycles. The molecule has 1 aromatic carbocycles. The van der Waals surface area contributed by atoms with Crippen LogP contribution >= 0.6 is 11.3 Å². The Morgan fingerprint density at radius 2 is 2.32 bits per heavy atom. The first-order valence-electron chi connectivity index (χ1n) is 6.18. The van der Waals surface area contributed by atoms with Gasteiger partial charge >= 0.3 is 0 Å². The van der Waals surface area contributed by atoms with Crippen molar-refractivity contribution in [2.45, 2.75) is 19.4 Å². The summed E-state index contributed by atoms with van der Waals surface area (Å²) < 4.78 is 1.10. The lowest BCUT2D eigenvalue weighted by molar-refractivity contribution is -0.117. The molecule has 0 bridgehead atoms. The second kappa shape index (κ2) is 6.45. The Bertz CT molecular complexity index is 555. The number of benzene rings is 1. The van der Waals surface area contributed by atoms with Crippen LogP contribution in [-0.4, -0.2) is 28.6 Å². The van der Waals surface area contributed by atoms with E-state index in [0.717, 1.165) is 15.2 Å². The van der Waals surface area contributed by atoms with Crippen molar-refractivity contribution in [2.24, 2.45) is 0 Å². The number of thiazole rings is 1. The average Bonchev–Trinajstić information content (AvgIpc) is 2.85. The maximum Gasteiger partial charge on any atom is 0.244 e. The van der Waals surface area contributed by atoms with Gasteiger partial charge in [-0.05, 0) is 24.6 Å². The Labute approximate surface area is 115 Å². The van der Waals surface area contributed by atoms with Crippen LogP contribution in [0.3, 0.4) is 0 Å². The summed E-state index contributed by atoms with van der Waals surface area (Å²) in [6, 6.07) is 7.67. The van der Waals surface area contributed by atoms with Gasteiger partial charge in [0.2, 0.25) is 5.91 Å². The first kappa shape index (κ1) is 13.7. The van der Waals surface area contributed by atoms with Crippen molar-refractivity contribution in [3.8, 4) is 0 Å². The van der Waals surface area contributed by atoms with Crippen LogP contribution in [0, 0.1) is 0 Å². The second-order valence-corrected chi connectivity index (χ2v) is 5.21. The van der Waals surface area contributed by atoms with Gasteiger partial charge in [0, 0.05) is 6.08 Å². The van der Waals surface area contributed by atoms with Crippen molar-refractivity contribution in [2.75, 3.05) is 6.61 Å². The average molecular weight is 276 g/mol. The molecular weight excluding hydrogens is 260 g/mol. The first-order chi connectivity index (χ1) is 9.22. The van der Waals surface area contributed by atoms with E-state index in [1.54, 1.807) is 17.4 Å². The van der Waals surface area contributed by atoms with Crippen LogP contribution in [0.4, 0.5) is 0 Å². The molecule has 5 heteroatoms. The summed E-state index contributed by atoms with van der Waals surface area (Å²) in [6.45, 7) is 1.87. The van der Waals surface area contributed by atoms with Gasteiger partial charge in [-0.25, -0.2) is 4.98 Å². The molecule has 0 saturated heterocycles. The van der Waals surface area contributed by atoms with E-state index in [1.807, 2.05) is 31.2 Å². The molecule has 1 amide bonds. The molecule has 0 spiro atoms. The van der Waals surface area contributed by atoms with Crippen molar-refractivity contribution in [3.05, 3.63) is 35.3 Å². The van der Waals surface area contributed by atoms with Gasteiger partial charge in [-0.3, -0.25) is 4.79 Å². The van der Waals surface area contributed by atoms with Crippen LogP contribution in [0.1, 0.15) is 18.4 Å². The molecule has 0 saturated carbocycles. The third-order valence-corrected chi connectivity index (χ3v) is 3.75. The fraction of sp³-hybridized carbons (Fsp3) is 0.286. The number of amides is 1. The van der Waals surface area contributed by atoms with Gasteiger partial charge in [-0.1, -0.05) is 19.1 Å². The van der Waals surface area contributed by atoms with E-state index in [0.29, 0.717) is 6.42 Å². The van der Waals surface area contributed by atoms with Gasteiger partial charge in [0.25, 0.3) is 0 Å². The van der Waals surface area contributed by atoms with E-state index in [9.17, 15) is 4.79 Å². The third-order valence-electron chi connectivity index (χ3n) is 2.75. The highest BCUT2D eigenvalue weighted by Gasteiger charge is 2.06. The number of rotatable bonds is 5. The minimum absolute atomic E-state index is 0.0444. The summed E-state index contributed by atoms with van der Waals surface area (Å²) in [5.41, 5.74) is 0.939. The van der Waals surface area contributed by atoms with Gasteiger partial charge in [-0.2, -0.15) is 0 Å². The lowest BCUT2D eigenvalue weighted by atomic mass is 10.2. The molecule has 1 atom stereocenters. The number of nitrogens with one attached hydrogen (secondary N) is 1. The predicted molar refractivity (Wildman–Crippen MR) is 78.0 cm³/mol. The Kier molecular flexibility index (Phi) is 4.65. The Morgan fingerprint density at radius 3 is 3.00 bits per heavy atom. The third kappa shape index (κ3) is 3.62. The predicted octanol–water partition coefficient (Wildman–Crippen LogP) is 2.20. The number of aromatic nitrogens is 1. The van der Waals surface area contributed by atoms with E-state index < -0.39 is 0 Å². The summed E-state index contributed by atoms with van der Waals surface area (Å²) in [5, 5.41) is 12.5. The van der Waals surface area contributed by atoms with Crippen LogP contribution < -0.4 is 5.32 Å². The smallest absolute Gasteiger partial charge is 0.244 e. The molecule has 100 valence electrons. The van der Waals surface area contributed by atoms with Gasteiger partial charge in [-0.15, -0.1) is 11.3 Å². The summed E-state index contributed by atoms with van der Waals surface area (Å²) in [6.07, 6.45) is 3.86. The number of hydrogen-bond acceptors (Lipinski definition) is 4. The lowest BCUT2D eigenvalue weighted by Crippen LogP contribution is -2.35. The molecule has 0 fully saturated rings. The normalized spacial score (nSPS) is 12.9. The van der Waals surface area contributed by atoms with Gasteiger partial charge < -0.3 is 10.4 Å². The van der Waals surface area contributed by atoms with Crippen molar-refractivity contribution in [1.29, 1.82) is 0 Å². The highest BCUT2D eigenvalue weighted by Crippen LogP contribution is 2.22. The zero-order valence-corrected chi connectivity index (χ0v) is 11.5. The van der Waals surface area contributed by atoms with E-state index in [2.05, 4.69) is 10.3 Å². The Morgan fingerprint density at radius 1 is 1.53 bits per heavy atom. The molecule has 2 N–H and O–H groups in total. The number of nitrogens with zero attached hydrogens (tertiary/aromatic N) is 1. The molecule has 0 aliphatic rings. The van der Waals surface area contributed by atoms with Crippen molar-refractivity contribution >= 4 is 33.5 Å². The van der Waals surface area contributed by atoms with Crippen LogP contribution in [0.2, 0.25) is 0 Å². The molecule has 1 heterocycles. The van der Waals surface area contributed by atoms with Crippen LogP contribution in [0.5, 0.6) is 0 Å². The number of fused-ring (bicyclic) bond motifs is 1. The minimum Gasteiger partial charge on any atom is -0.394 e.